The highest BCUT2D eigenvalue weighted by atomic mass is 35.5. The van der Waals surface area contributed by atoms with Crippen molar-refractivity contribution in [1.82, 2.24) is 29.7 Å². The first kappa shape index (κ1) is 44.8. The molecular formula is C50H48ClFN6O7S. The average Bonchev–Trinajstić information content (AvgIpc) is 3.72. The van der Waals surface area contributed by atoms with Gasteiger partial charge in [0.25, 0.3) is 0 Å². The number of halogens is 2. The molecule has 3 aliphatic rings. The number of fused-ring (bicyclic) bond motifs is 7. The molecule has 0 N–H and O–H groups in total. The van der Waals surface area contributed by atoms with E-state index in [1.165, 1.54) is 29.8 Å². The fourth-order valence-corrected chi connectivity index (χ4v) is 9.53. The molecule has 0 saturated carbocycles. The van der Waals surface area contributed by atoms with Gasteiger partial charge in [0, 0.05) is 61.3 Å². The molecule has 0 unspecified atom stereocenters. The maximum Gasteiger partial charge on any atom is 0.347 e. The lowest BCUT2D eigenvalue weighted by molar-refractivity contribution is -0.151. The number of hydrogen-bond donors (Lipinski definition) is 0. The molecule has 66 heavy (non-hydrogen) atoms. The fourth-order valence-electron chi connectivity index (χ4n) is 8.17. The molecular weight excluding hydrogens is 883 g/mol. The van der Waals surface area contributed by atoms with E-state index in [0.717, 1.165) is 58.9 Å². The SMILES string of the molecule is CCOC(=O)[C@H]1Cc2cc(ccc2OCc2ccnc(-c3ccccc3OC)n2)OC[C@@H](CN2CCN(C)CC2)Oc2ccc(c(C)c2Cl)-c2c(-c3ccc(F)cc3)sc3ncnc(c23)O1. The Balaban J connectivity index is 1.15. The Kier molecular flexibility index (Phi) is 13.6. The second-order valence-electron chi connectivity index (χ2n) is 16.1. The van der Waals surface area contributed by atoms with Crippen molar-refractivity contribution in [3.63, 3.8) is 0 Å². The molecule has 340 valence electrons. The molecule has 0 amide bonds. The van der Waals surface area contributed by atoms with E-state index in [1.54, 1.807) is 38.4 Å². The van der Waals surface area contributed by atoms with Crippen molar-refractivity contribution in [2.45, 2.75) is 39.1 Å². The van der Waals surface area contributed by atoms with Crippen molar-refractivity contribution in [3.05, 3.63) is 125 Å². The summed E-state index contributed by atoms with van der Waals surface area (Å²) in [7, 11) is 3.73. The molecule has 0 radical (unpaired) electrons. The van der Waals surface area contributed by atoms with Crippen molar-refractivity contribution < 1.29 is 37.6 Å². The molecule has 6 heterocycles. The molecule has 4 bridgehead atoms. The summed E-state index contributed by atoms with van der Waals surface area (Å²) in [6.45, 7) is 8.28. The smallest absolute Gasteiger partial charge is 0.347 e. The summed E-state index contributed by atoms with van der Waals surface area (Å²) in [6.07, 6.45) is 1.47. The van der Waals surface area contributed by atoms with Crippen LogP contribution in [0.4, 0.5) is 4.39 Å². The zero-order valence-electron chi connectivity index (χ0n) is 37.0. The lowest BCUT2D eigenvalue weighted by atomic mass is 9.96. The van der Waals surface area contributed by atoms with Crippen LogP contribution in [0.3, 0.4) is 0 Å². The fraction of sp³-hybridized carbons (Fsp3) is 0.300. The lowest BCUT2D eigenvalue weighted by Gasteiger charge is -2.34. The Morgan fingerprint density at radius 1 is 0.939 bits per heavy atom. The number of ether oxygens (including phenoxy) is 6. The first-order valence-corrected chi connectivity index (χ1v) is 22.9. The van der Waals surface area contributed by atoms with E-state index in [4.69, 9.17) is 45.0 Å². The van der Waals surface area contributed by atoms with Crippen LogP contribution in [0.15, 0.2) is 97.5 Å². The number of hydrogen-bond acceptors (Lipinski definition) is 14. The Labute approximate surface area is 391 Å². The molecule has 2 atom stereocenters. The van der Waals surface area contributed by atoms with Crippen molar-refractivity contribution in [2.75, 3.05) is 60.1 Å². The van der Waals surface area contributed by atoms with Gasteiger partial charge in [-0.1, -0.05) is 41.9 Å². The summed E-state index contributed by atoms with van der Waals surface area (Å²) in [5.74, 6) is 1.84. The number of para-hydroxylation sites is 1. The lowest BCUT2D eigenvalue weighted by Crippen LogP contribution is -2.49. The average molecular weight is 931 g/mol. The van der Waals surface area contributed by atoms with Gasteiger partial charge >= 0.3 is 5.97 Å². The number of carbonyl (C=O) groups is 1. The summed E-state index contributed by atoms with van der Waals surface area (Å²) in [4.78, 5) is 38.7. The largest absolute Gasteiger partial charge is 0.496 e. The van der Waals surface area contributed by atoms with Crippen LogP contribution < -0.4 is 23.7 Å². The number of methoxy groups -OCH3 is 1. The summed E-state index contributed by atoms with van der Waals surface area (Å²) < 4.78 is 52.2. The van der Waals surface area contributed by atoms with Crippen molar-refractivity contribution >= 4 is 39.1 Å². The Bertz CT molecular complexity index is 2860. The van der Waals surface area contributed by atoms with Gasteiger partial charge in [-0.15, -0.1) is 11.3 Å². The minimum Gasteiger partial charge on any atom is -0.496 e. The first-order valence-electron chi connectivity index (χ1n) is 21.7. The van der Waals surface area contributed by atoms with Gasteiger partial charge in [-0.25, -0.2) is 29.1 Å². The summed E-state index contributed by atoms with van der Waals surface area (Å²) in [6, 6.07) is 24.9. The zero-order chi connectivity index (χ0) is 45.7. The van der Waals surface area contributed by atoms with E-state index < -0.39 is 18.2 Å². The van der Waals surface area contributed by atoms with Crippen LogP contribution in [-0.2, 0) is 22.6 Å². The molecule has 10 rings (SSSR count). The highest BCUT2D eigenvalue weighted by Gasteiger charge is 2.31. The molecule has 13 nitrogen and oxygen atoms in total. The summed E-state index contributed by atoms with van der Waals surface area (Å²) in [5.41, 5.74) is 4.96. The van der Waals surface area contributed by atoms with E-state index in [9.17, 15) is 9.18 Å². The van der Waals surface area contributed by atoms with Crippen LogP contribution in [0, 0.1) is 12.7 Å². The second-order valence-corrected chi connectivity index (χ2v) is 17.4. The normalized spacial score (nSPS) is 16.8. The topological polar surface area (TPSA) is 130 Å². The van der Waals surface area contributed by atoms with Gasteiger partial charge in [0.15, 0.2) is 5.82 Å². The predicted octanol–water partition coefficient (Wildman–Crippen LogP) is 9.11. The predicted molar refractivity (Wildman–Crippen MR) is 251 cm³/mol. The highest BCUT2D eigenvalue weighted by Crippen LogP contribution is 2.50. The van der Waals surface area contributed by atoms with Crippen molar-refractivity contribution in [2.24, 2.45) is 0 Å². The molecule has 4 aromatic carbocycles. The van der Waals surface area contributed by atoms with Gasteiger partial charge in [-0.2, -0.15) is 0 Å². The number of thiophene rings is 1. The van der Waals surface area contributed by atoms with Crippen LogP contribution >= 0.6 is 22.9 Å². The number of benzene rings is 4. The number of carbonyl (C=O) groups excluding carboxylic acids is 1. The second kappa shape index (κ2) is 20.0. The zero-order valence-corrected chi connectivity index (χ0v) is 38.5. The van der Waals surface area contributed by atoms with Crippen LogP contribution in [0.25, 0.3) is 43.2 Å². The van der Waals surface area contributed by atoms with Crippen molar-refractivity contribution in [1.29, 1.82) is 0 Å². The highest BCUT2D eigenvalue weighted by molar-refractivity contribution is 7.22. The van der Waals surface area contributed by atoms with Gasteiger partial charge in [0.1, 0.15) is 59.3 Å². The van der Waals surface area contributed by atoms with Crippen LogP contribution in [0.5, 0.6) is 28.9 Å². The number of nitrogens with zero attached hydrogens (tertiary/aromatic N) is 6. The minimum absolute atomic E-state index is 0.0117. The quantitative estimate of drug-likeness (QED) is 0.121. The third-order valence-corrected chi connectivity index (χ3v) is 13.3. The van der Waals surface area contributed by atoms with Gasteiger partial charge in [0.05, 0.1) is 35.4 Å². The molecule has 1 fully saturated rings. The Morgan fingerprint density at radius 3 is 2.56 bits per heavy atom. The molecule has 1 saturated heterocycles. The summed E-state index contributed by atoms with van der Waals surface area (Å²) in [5, 5.41) is 0.986. The van der Waals surface area contributed by atoms with Gasteiger partial charge in [0.2, 0.25) is 12.0 Å². The van der Waals surface area contributed by atoms with Crippen LogP contribution in [0.2, 0.25) is 5.02 Å². The molecule has 7 aromatic rings. The Morgan fingerprint density at radius 2 is 1.76 bits per heavy atom. The number of piperazine rings is 1. The number of aromatic nitrogens is 4. The van der Waals surface area contributed by atoms with Gasteiger partial charge < -0.3 is 33.3 Å². The maximum atomic E-state index is 14.3. The molecule has 3 aliphatic heterocycles. The summed E-state index contributed by atoms with van der Waals surface area (Å²) >= 11 is 8.68. The number of rotatable bonds is 10. The molecule has 16 heteroatoms. The van der Waals surface area contributed by atoms with E-state index in [1.807, 2.05) is 61.5 Å². The van der Waals surface area contributed by atoms with Gasteiger partial charge in [-0.05, 0) is 92.2 Å². The maximum absolute atomic E-state index is 14.3. The Hall–Kier alpha value is -6.39. The van der Waals surface area contributed by atoms with E-state index in [0.29, 0.717) is 61.9 Å². The molecule has 3 aromatic heterocycles. The first-order chi connectivity index (χ1) is 32.1. The number of esters is 1. The minimum atomic E-state index is -1.20. The van der Waals surface area contributed by atoms with Gasteiger partial charge in [-0.3, -0.25) is 4.90 Å². The van der Waals surface area contributed by atoms with E-state index in [2.05, 4.69) is 31.8 Å². The van der Waals surface area contributed by atoms with Crippen LogP contribution in [0.1, 0.15) is 23.7 Å². The van der Waals surface area contributed by atoms with E-state index >= 15 is 0 Å². The molecule has 0 aliphatic carbocycles. The number of likely N-dealkylation sites (N-methyl/N-ethyl adjacent to an activating group) is 1. The van der Waals surface area contributed by atoms with Crippen molar-refractivity contribution in [3.8, 4) is 61.8 Å². The van der Waals surface area contributed by atoms with E-state index in [-0.39, 0.29) is 37.9 Å². The third-order valence-electron chi connectivity index (χ3n) is 11.6. The standard InChI is InChI=1S/C50H48ClFN6O7S/c1-5-61-50(59)42-25-32-24-35(14-16-39(32)63-27-34-18-19-53-47(56-34)38-8-6-7-9-40(38)60-4)62-28-36(26-58-22-20-57(3)21-23-58)64-41-17-15-37(30(2)45(41)51)43-44-48(65-42)54-29-55-49(44)66-46(43)31-10-12-33(52)13-11-31/h6-19,24,29,36,42H,5,20-23,25-28H2,1-4H3/t36-,42-/m1/s1. The third kappa shape index (κ3) is 9.75. The monoisotopic (exact) mass is 930 g/mol. The molecule has 0 spiro atoms. The van der Waals surface area contributed by atoms with Crippen LogP contribution in [-0.4, -0.2) is 108 Å².